The van der Waals surface area contributed by atoms with Crippen LogP contribution in [0, 0.1) is 25.2 Å². The lowest BCUT2D eigenvalue weighted by molar-refractivity contribution is 0.448. The molecule has 0 aliphatic heterocycles. The van der Waals surface area contributed by atoms with Crippen LogP contribution < -0.4 is 0 Å². The van der Waals surface area contributed by atoms with E-state index in [0.717, 1.165) is 22.4 Å². The number of hydrogen-bond donors (Lipinski definition) is 1. The Bertz CT molecular complexity index is 1160. The highest BCUT2D eigenvalue weighted by molar-refractivity contribution is 5.90. The second-order valence-electron chi connectivity index (χ2n) is 6.21. The fourth-order valence-corrected chi connectivity index (χ4v) is 3.06. The van der Waals surface area contributed by atoms with Crippen molar-refractivity contribution >= 4 is 10.9 Å². The van der Waals surface area contributed by atoms with Crippen molar-refractivity contribution in [3.05, 3.63) is 54.2 Å². The van der Waals surface area contributed by atoms with Gasteiger partial charge in [0.25, 0.3) is 0 Å². The van der Waals surface area contributed by atoms with Crippen molar-refractivity contribution in [3.63, 3.8) is 0 Å². The van der Waals surface area contributed by atoms with Crippen molar-refractivity contribution in [1.29, 1.82) is 5.26 Å². The third-order valence-corrected chi connectivity index (χ3v) is 4.25. The molecule has 128 valence electrons. The number of hydrogen-bond acceptors (Lipinski definition) is 5. The third kappa shape index (κ3) is 2.58. The van der Waals surface area contributed by atoms with Crippen LogP contribution in [0.2, 0.25) is 0 Å². The molecule has 0 amide bonds. The quantitative estimate of drug-likeness (QED) is 0.616. The van der Waals surface area contributed by atoms with Crippen LogP contribution in [-0.4, -0.2) is 29.4 Å². The molecule has 26 heavy (non-hydrogen) atoms. The predicted octanol–water partition coefficient (Wildman–Crippen LogP) is 3.13. The predicted molar refractivity (Wildman–Crippen MR) is 96.8 cm³/mol. The van der Waals surface area contributed by atoms with Crippen LogP contribution >= 0.6 is 0 Å². The Hall–Kier alpha value is -3.66. The molecule has 0 bridgehead atoms. The van der Waals surface area contributed by atoms with E-state index >= 15 is 0 Å². The number of fused-ring (bicyclic) bond motifs is 1. The Morgan fingerprint density at radius 3 is 2.77 bits per heavy atom. The Morgan fingerprint density at radius 2 is 2.00 bits per heavy atom. The summed E-state index contributed by atoms with van der Waals surface area (Å²) in [6.45, 7) is 4.09. The molecule has 0 aromatic carbocycles. The summed E-state index contributed by atoms with van der Waals surface area (Å²) in [5, 5.41) is 24.3. The SMILES string of the molecule is Cc1cncc(-c2cc(C)c3c(O)n(-c4cnn(CC#N)c4)cc3n2)c1. The van der Waals surface area contributed by atoms with Gasteiger partial charge < -0.3 is 5.11 Å². The maximum absolute atomic E-state index is 10.7. The lowest BCUT2D eigenvalue weighted by Gasteiger charge is -2.05. The Kier molecular flexibility index (Phi) is 3.66. The Labute approximate surface area is 149 Å². The lowest BCUT2D eigenvalue weighted by Crippen LogP contribution is -1.94. The fourth-order valence-electron chi connectivity index (χ4n) is 3.06. The van der Waals surface area contributed by atoms with Gasteiger partial charge in [0.2, 0.25) is 5.88 Å². The third-order valence-electron chi connectivity index (χ3n) is 4.25. The van der Waals surface area contributed by atoms with Crippen LogP contribution in [0.5, 0.6) is 5.88 Å². The smallest absolute Gasteiger partial charge is 0.205 e. The van der Waals surface area contributed by atoms with Crippen LogP contribution in [0.3, 0.4) is 0 Å². The molecule has 0 saturated heterocycles. The van der Waals surface area contributed by atoms with Crippen LogP contribution in [0.15, 0.2) is 43.1 Å². The lowest BCUT2D eigenvalue weighted by atomic mass is 10.1. The molecule has 0 atom stereocenters. The van der Waals surface area contributed by atoms with Crippen molar-refractivity contribution in [2.45, 2.75) is 20.4 Å². The first-order valence-corrected chi connectivity index (χ1v) is 8.10. The molecule has 4 heterocycles. The summed E-state index contributed by atoms with van der Waals surface area (Å²) in [6.07, 6.45) is 8.68. The molecule has 0 aliphatic rings. The van der Waals surface area contributed by atoms with Crippen LogP contribution in [-0.2, 0) is 6.54 Å². The standard InChI is InChI=1S/C19H16N6O/c1-12-5-14(8-21-7-12)16-6-13(2)18-17(23-16)11-25(19(18)26)15-9-22-24(10-15)4-3-20/h5-11,26H,4H2,1-2H3. The Balaban J connectivity index is 1.86. The number of nitrogens with zero attached hydrogens (tertiary/aromatic N) is 6. The second-order valence-corrected chi connectivity index (χ2v) is 6.21. The normalized spacial score (nSPS) is 11.0. The molecule has 0 fully saturated rings. The van der Waals surface area contributed by atoms with Gasteiger partial charge in [0.1, 0.15) is 6.54 Å². The molecule has 4 aromatic rings. The topological polar surface area (TPSA) is 92.5 Å². The molecular weight excluding hydrogens is 328 g/mol. The van der Waals surface area contributed by atoms with E-state index < -0.39 is 0 Å². The zero-order chi connectivity index (χ0) is 18.3. The summed E-state index contributed by atoms with van der Waals surface area (Å²) < 4.78 is 3.15. The van der Waals surface area contributed by atoms with Crippen LogP contribution in [0.25, 0.3) is 27.8 Å². The second kappa shape index (κ2) is 6.01. The first kappa shape index (κ1) is 15.8. The molecule has 0 radical (unpaired) electrons. The number of aromatic nitrogens is 5. The van der Waals surface area contributed by atoms with Gasteiger partial charge >= 0.3 is 0 Å². The van der Waals surface area contributed by atoms with Crippen molar-refractivity contribution in [2.75, 3.05) is 0 Å². The van der Waals surface area contributed by atoms with E-state index in [9.17, 15) is 5.11 Å². The molecular formula is C19H16N6O. The van der Waals surface area contributed by atoms with Crippen LogP contribution in [0.1, 0.15) is 11.1 Å². The summed E-state index contributed by atoms with van der Waals surface area (Å²) in [6, 6.07) is 6.02. The minimum Gasteiger partial charge on any atom is -0.494 e. The van der Waals surface area contributed by atoms with Gasteiger partial charge in [-0.2, -0.15) is 10.4 Å². The fraction of sp³-hybridized carbons (Fsp3) is 0.158. The zero-order valence-corrected chi connectivity index (χ0v) is 14.4. The van der Waals surface area contributed by atoms with E-state index in [2.05, 4.69) is 10.1 Å². The summed E-state index contributed by atoms with van der Waals surface area (Å²) in [5.41, 5.74) is 5.09. The van der Waals surface area contributed by atoms with E-state index in [1.807, 2.05) is 32.0 Å². The Morgan fingerprint density at radius 1 is 1.15 bits per heavy atom. The molecule has 7 nitrogen and oxygen atoms in total. The number of rotatable bonds is 3. The highest BCUT2D eigenvalue weighted by Crippen LogP contribution is 2.33. The monoisotopic (exact) mass is 344 g/mol. The van der Waals surface area contributed by atoms with E-state index in [-0.39, 0.29) is 12.4 Å². The van der Waals surface area contributed by atoms with Crippen molar-refractivity contribution in [3.8, 4) is 28.9 Å². The average Bonchev–Trinajstić information content (AvgIpc) is 3.20. The largest absolute Gasteiger partial charge is 0.494 e. The van der Waals surface area contributed by atoms with Gasteiger partial charge in [-0.05, 0) is 37.1 Å². The molecule has 0 saturated carbocycles. The molecule has 0 unspecified atom stereocenters. The first-order valence-electron chi connectivity index (χ1n) is 8.10. The van der Waals surface area contributed by atoms with Gasteiger partial charge in [-0.1, -0.05) is 0 Å². The molecule has 7 heteroatoms. The van der Waals surface area contributed by atoms with E-state index in [1.165, 1.54) is 4.68 Å². The minimum atomic E-state index is 0.107. The molecule has 4 aromatic heterocycles. The molecule has 1 N–H and O–H groups in total. The average molecular weight is 344 g/mol. The van der Waals surface area contributed by atoms with Gasteiger partial charge in [0, 0.05) is 24.2 Å². The van der Waals surface area contributed by atoms with Crippen molar-refractivity contribution < 1.29 is 5.11 Å². The molecule has 0 spiro atoms. The maximum Gasteiger partial charge on any atom is 0.205 e. The number of nitriles is 1. The molecule has 0 aliphatic carbocycles. The van der Waals surface area contributed by atoms with Crippen LogP contribution in [0.4, 0.5) is 0 Å². The zero-order valence-electron chi connectivity index (χ0n) is 14.4. The summed E-state index contributed by atoms with van der Waals surface area (Å²) in [4.78, 5) is 8.93. The van der Waals surface area contributed by atoms with Gasteiger partial charge in [0.05, 0.1) is 40.7 Å². The summed E-state index contributed by atoms with van der Waals surface area (Å²) >= 11 is 0. The minimum absolute atomic E-state index is 0.107. The van der Waals surface area contributed by atoms with E-state index in [0.29, 0.717) is 16.6 Å². The van der Waals surface area contributed by atoms with E-state index in [1.54, 1.807) is 35.6 Å². The van der Waals surface area contributed by atoms with Gasteiger partial charge in [0.15, 0.2) is 0 Å². The summed E-state index contributed by atoms with van der Waals surface area (Å²) in [5.74, 6) is 0.107. The first-order chi connectivity index (χ1) is 12.6. The highest BCUT2D eigenvalue weighted by atomic mass is 16.3. The number of aromatic hydroxyl groups is 1. The summed E-state index contributed by atoms with van der Waals surface area (Å²) in [7, 11) is 0. The maximum atomic E-state index is 10.7. The molecule has 4 rings (SSSR count). The van der Waals surface area contributed by atoms with Gasteiger partial charge in [-0.3, -0.25) is 14.2 Å². The van der Waals surface area contributed by atoms with Crippen molar-refractivity contribution in [2.24, 2.45) is 0 Å². The van der Waals surface area contributed by atoms with E-state index in [4.69, 9.17) is 10.2 Å². The van der Waals surface area contributed by atoms with Gasteiger partial charge in [-0.25, -0.2) is 4.98 Å². The van der Waals surface area contributed by atoms with Gasteiger partial charge in [-0.15, -0.1) is 0 Å². The van der Waals surface area contributed by atoms with Crippen molar-refractivity contribution in [1.82, 2.24) is 24.3 Å². The number of aryl methyl sites for hydroxylation is 2. The number of pyridine rings is 2. The highest BCUT2D eigenvalue weighted by Gasteiger charge is 2.16.